The quantitative estimate of drug-likeness (QED) is 0.398. The number of piperidine rings is 1. The van der Waals surface area contributed by atoms with Gasteiger partial charge in [-0.2, -0.15) is 0 Å². The predicted octanol–water partition coefficient (Wildman–Crippen LogP) is 4.42. The number of esters is 2. The van der Waals surface area contributed by atoms with Gasteiger partial charge >= 0.3 is 11.9 Å². The Bertz CT molecular complexity index is 1250. The molecule has 1 atom stereocenters. The van der Waals surface area contributed by atoms with Crippen LogP contribution in [0, 0.1) is 5.92 Å². The summed E-state index contributed by atoms with van der Waals surface area (Å²) in [5.74, 6) is 0.260. The number of carbonyl (C=O) groups excluding carboxylic acids is 3. The summed E-state index contributed by atoms with van der Waals surface area (Å²) in [5.41, 5.74) is 2.39. The molecule has 3 aliphatic heterocycles. The van der Waals surface area contributed by atoms with Crippen LogP contribution in [-0.4, -0.2) is 72.8 Å². The van der Waals surface area contributed by atoms with Crippen LogP contribution in [0.15, 0.2) is 45.6 Å². The molecule has 216 valence electrons. The summed E-state index contributed by atoms with van der Waals surface area (Å²) in [7, 11) is 3.14. The average molecular weight is 572 g/mol. The van der Waals surface area contributed by atoms with Gasteiger partial charge < -0.3 is 28.7 Å². The maximum atomic E-state index is 13.5. The van der Waals surface area contributed by atoms with Crippen molar-refractivity contribution in [2.75, 3.05) is 33.9 Å². The van der Waals surface area contributed by atoms with Gasteiger partial charge in [0.05, 0.1) is 56.6 Å². The van der Waals surface area contributed by atoms with Gasteiger partial charge in [0.2, 0.25) is 5.91 Å². The van der Waals surface area contributed by atoms with E-state index < -0.39 is 12.0 Å². The topological polar surface area (TPSA) is 107 Å². The van der Waals surface area contributed by atoms with Gasteiger partial charge in [0.1, 0.15) is 11.5 Å². The molecule has 3 heterocycles. The molecule has 0 N–H and O–H groups in total. The molecule has 1 fully saturated rings. The van der Waals surface area contributed by atoms with E-state index in [4.69, 9.17) is 23.9 Å². The van der Waals surface area contributed by atoms with Crippen LogP contribution in [0.3, 0.4) is 0 Å². The molecule has 1 aromatic carbocycles. The van der Waals surface area contributed by atoms with Crippen LogP contribution >= 0.6 is 11.8 Å². The minimum absolute atomic E-state index is 0.0477. The predicted molar refractivity (Wildman–Crippen MR) is 152 cm³/mol. The first-order valence-corrected chi connectivity index (χ1v) is 14.4. The summed E-state index contributed by atoms with van der Waals surface area (Å²) >= 11 is 1.41. The zero-order valence-corrected chi connectivity index (χ0v) is 24.7. The highest BCUT2D eigenvalue weighted by atomic mass is 32.2. The fourth-order valence-electron chi connectivity index (χ4n) is 5.14. The molecule has 0 aromatic heterocycles. The van der Waals surface area contributed by atoms with Crippen molar-refractivity contribution in [3.8, 4) is 11.5 Å². The Balaban J connectivity index is 1.63. The van der Waals surface area contributed by atoms with Crippen molar-refractivity contribution >= 4 is 34.8 Å². The van der Waals surface area contributed by atoms with E-state index in [9.17, 15) is 14.4 Å². The van der Waals surface area contributed by atoms with Crippen LogP contribution in [0.1, 0.15) is 58.6 Å². The van der Waals surface area contributed by atoms with E-state index in [2.05, 4.69) is 0 Å². The number of aliphatic imine (C=N–C) groups is 1. The van der Waals surface area contributed by atoms with Gasteiger partial charge in [-0.05, 0) is 58.1 Å². The van der Waals surface area contributed by atoms with Crippen LogP contribution in [0.25, 0.3) is 0 Å². The van der Waals surface area contributed by atoms with Crippen molar-refractivity contribution in [1.82, 2.24) is 9.80 Å². The Morgan fingerprint density at radius 2 is 1.85 bits per heavy atom. The number of carbonyl (C=O) groups is 3. The summed E-state index contributed by atoms with van der Waals surface area (Å²) in [5, 5.41) is 2.58. The number of allylic oxidation sites excluding steroid dienone is 1. The van der Waals surface area contributed by atoms with E-state index in [0.29, 0.717) is 60.5 Å². The van der Waals surface area contributed by atoms with Gasteiger partial charge in [-0.3, -0.25) is 9.59 Å². The minimum Gasteiger partial charge on any atom is -0.497 e. The first-order valence-electron chi connectivity index (χ1n) is 13.5. The number of hydrogen-bond donors (Lipinski definition) is 0. The molecule has 10 nitrogen and oxygen atoms in total. The lowest BCUT2D eigenvalue weighted by molar-refractivity contribution is -0.151. The molecule has 0 spiro atoms. The molecule has 0 unspecified atom stereocenters. The first kappa shape index (κ1) is 29.5. The lowest BCUT2D eigenvalue weighted by Crippen LogP contribution is -2.42. The maximum absolute atomic E-state index is 13.5. The highest BCUT2D eigenvalue weighted by Crippen LogP contribution is 2.47. The molecule has 11 heteroatoms. The SMILES string of the molecule is CCOC(=O)C1CCN(C(=O)CC2=CSC3=NC(C)=C(C(=O)OC(C)C)[C@@H](c4ccc(OC)cc4OC)N23)CC1. The lowest BCUT2D eigenvalue weighted by Gasteiger charge is -2.37. The van der Waals surface area contributed by atoms with Gasteiger partial charge in [0.25, 0.3) is 0 Å². The number of methoxy groups -OCH3 is 2. The number of nitrogens with zero attached hydrogens (tertiary/aromatic N) is 3. The molecule has 1 amide bonds. The smallest absolute Gasteiger partial charge is 0.338 e. The fourth-order valence-corrected chi connectivity index (χ4v) is 6.10. The summed E-state index contributed by atoms with van der Waals surface area (Å²) in [6.07, 6.45) is 0.955. The summed E-state index contributed by atoms with van der Waals surface area (Å²) in [6, 6.07) is 4.83. The molecule has 40 heavy (non-hydrogen) atoms. The highest BCUT2D eigenvalue weighted by Gasteiger charge is 2.43. The molecule has 0 bridgehead atoms. The largest absolute Gasteiger partial charge is 0.497 e. The number of rotatable bonds is 9. The molecule has 0 radical (unpaired) electrons. The third kappa shape index (κ3) is 6.14. The Labute approximate surface area is 239 Å². The molecular formula is C29H37N3O7S. The number of ether oxygens (including phenoxy) is 4. The number of hydrogen-bond acceptors (Lipinski definition) is 10. The Morgan fingerprint density at radius 3 is 2.48 bits per heavy atom. The van der Waals surface area contributed by atoms with E-state index in [-0.39, 0.29) is 30.3 Å². The number of amides is 1. The van der Waals surface area contributed by atoms with E-state index in [1.807, 2.05) is 22.4 Å². The van der Waals surface area contributed by atoms with E-state index in [1.54, 1.807) is 52.9 Å². The molecule has 1 saturated heterocycles. The fraction of sp³-hybridized carbons (Fsp3) is 0.517. The lowest BCUT2D eigenvalue weighted by atomic mass is 9.92. The summed E-state index contributed by atoms with van der Waals surface area (Å²) in [4.78, 5) is 47.5. The summed E-state index contributed by atoms with van der Waals surface area (Å²) in [6.45, 7) is 8.52. The number of likely N-dealkylation sites (tertiary alicyclic amines) is 1. The molecule has 3 aliphatic rings. The average Bonchev–Trinajstić information content (AvgIpc) is 3.33. The van der Waals surface area contributed by atoms with Crippen LogP contribution < -0.4 is 9.47 Å². The third-order valence-electron chi connectivity index (χ3n) is 7.10. The van der Waals surface area contributed by atoms with Gasteiger partial charge in [-0.1, -0.05) is 11.8 Å². The second kappa shape index (κ2) is 12.8. The second-order valence-electron chi connectivity index (χ2n) is 10.0. The molecule has 0 saturated carbocycles. The van der Waals surface area contributed by atoms with Gasteiger partial charge in [-0.25, -0.2) is 9.79 Å². The number of fused-ring (bicyclic) bond motifs is 1. The van der Waals surface area contributed by atoms with Crippen LogP contribution in [0.5, 0.6) is 11.5 Å². The van der Waals surface area contributed by atoms with Crippen molar-refractivity contribution in [3.63, 3.8) is 0 Å². The zero-order chi connectivity index (χ0) is 29.0. The maximum Gasteiger partial charge on any atom is 0.338 e. The standard InChI is InChI=1S/C29H37N3O7S/c1-7-38-27(34)19-10-12-31(13-11-19)24(33)14-20-16-40-29-30-18(4)25(28(35)39-17(2)3)26(32(20)29)22-9-8-21(36-5)15-23(22)37-6/h8-9,15-17,19,26H,7,10-14H2,1-6H3/t26-/m1/s1. The third-order valence-corrected chi connectivity index (χ3v) is 7.99. The van der Waals surface area contributed by atoms with Crippen molar-refractivity contribution in [2.24, 2.45) is 10.9 Å². The molecular weight excluding hydrogens is 534 g/mol. The van der Waals surface area contributed by atoms with E-state index in [0.717, 1.165) is 11.3 Å². The van der Waals surface area contributed by atoms with Crippen molar-refractivity contribution in [1.29, 1.82) is 0 Å². The second-order valence-corrected chi connectivity index (χ2v) is 10.9. The van der Waals surface area contributed by atoms with Crippen LogP contribution in [0.2, 0.25) is 0 Å². The Morgan fingerprint density at radius 1 is 1.12 bits per heavy atom. The van der Waals surface area contributed by atoms with E-state index >= 15 is 0 Å². The Kier molecular flexibility index (Phi) is 9.44. The Hall–Kier alpha value is -3.47. The van der Waals surface area contributed by atoms with Crippen molar-refractivity contribution < 1.29 is 33.3 Å². The molecule has 1 aromatic rings. The minimum atomic E-state index is -0.622. The van der Waals surface area contributed by atoms with Gasteiger partial charge in [0.15, 0.2) is 5.17 Å². The van der Waals surface area contributed by atoms with Crippen LogP contribution in [-0.2, 0) is 23.9 Å². The molecule has 4 rings (SSSR count). The summed E-state index contributed by atoms with van der Waals surface area (Å²) < 4.78 is 21.9. The van der Waals surface area contributed by atoms with Crippen molar-refractivity contribution in [2.45, 2.75) is 59.1 Å². The number of thioether (sulfide) groups is 1. The monoisotopic (exact) mass is 571 g/mol. The highest BCUT2D eigenvalue weighted by molar-refractivity contribution is 8.16. The van der Waals surface area contributed by atoms with Crippen molar-refractivity contribution in [3.05, 3.63) is 46.1 Å². The number of amidine groups is 1. The van der Waals surface area contributed by atoms with Gasteiger partial charge in [0, 0.05) is 30.4 Å². The van der Waals surface area contributed by atoms with E-state index in [1.165, 1.54) is 11.8 Å². The zero-order valence-electron chi connectivity index (χ0n) is 23.9. The van der Waals surface area contributed by atoms with Gasteiger partial charge in [-0.15, -0.1) is 0 Å². The first-order chi connectivity index (χ1) is 19.2. The van der Waals surface area contributed by atoms with Crippen LogP contribution in [0.4, 0.5) is 0 Å². The normalized spacial score (nSPS) is 19.2. The molecule has 0 aliphatic carbocycles. The number of benzene rings is 1.